The van der Waals surface area contributed by atoms with Gasteiger partial charge in [-0.1, -0.05) is 26.8 Å². The summed E-state index contributed by atoms with van der Waals surface area (Å²) in [5.74, 6) is 0.583. The van der Waals surface area contributed by atoms with Crippen molar-refractivity contribution in [1.82, 2.24) is 0 Å². The van der Waals surface area contributed by atoms with Crippen molar-refractivity contribution in [3.05, 3.63) is 58.1 Å². The molecule has 0 atom stereocenters. The third kappa shape index (κ3) is 3.89. The molecule has 116 valence electrons. The number of amides is 1. The molecule has 0 spiro atoms. The predicted molar refractivity (Wildman–Crippen MR) is 93.8 cm³/mol. The van der Waals surface area contributed by atoms with E-state index in [-0.39, 0.29) is 11.3 Å². The van der Waals surface area contributed by atoms with Crippen LogP contribution in [0.5, 0.6) is 5.75 Å². The lowest BCUT2D eigenvalue weighted by Crippen LogP contribution is -2.14. The summed E-state index contributed by atoms with van der Waals surface area (Å²) in [4.78, 5) is 12.3. The Morgan fingerprint density at radius 3 is 2.23 bits per heavy atom. The van der Waals surface area contributed by atoms with Crippen molar-refractivity contribution in [2.24, 2.45) is 0 Å². The second kappa shape index (κ2) is 6.53. The van der Waals surface area contributed by atoms with E-state index >= 15 is 0 Å². The highest BCUT2D eigenvalue weighted by atomic mass is 79.9. The zero-order valence-corrected chi connectivity index (χ0v) is 14.8. The molecule has 0 bridgehead atoms. The molecule has 0 radical (unpaired) electrons. The number of rotatable bonds is 3. The molecule has 0 aromatic heterocycles. The number of methoxy groups -OCH3 is 1. The quantitative estimate of drug-likeness (QED) is 0.834. The molecule has 4 heteroatoms. The molecule has 0 saturated carbocycles. The lowest BCUT2D eigenvalue weighted by molar-refractivity contribution is 0.102. The minimum atomic E-state index is -0.146. The van der Waals surface area contributed by atoms with Gasteiger partial charge in [0, 0.05) is 10.0 Å². The minimum absolute atomic E-state index is 0.0705. The van der Waals surface area contributed by atoms with Crippen LogP contribution in [0.1, 0.15) is 36.7 Å². The van der Waals surface area contributed by atoms with Gasteiger partial charge < -0.3 is 10.1 Å². The van der Waals surface area contributed by atoms with Crippen molar-refractivity contribution in [2.75, 3.05) is 12.4 Å². The molecule has 0 aliphatic rings. The second-order valence-electron chi connectivity index (χ2n) is 6.13. The zero-order chi connectivity index (χ0) is 16.3. The fourth-order valence-electron chi connectivity index (χ4n) is 2.02. The van der Waals surface area contributed by atoms with E-state index in [9.17, 15) is 4.79 Å². The highest BCUT2D eigenvalue weighted by Gasteiger charge is 2.16. The molecule has 0 saturated heterocycles. The Hall–Kier alpha value is -1.81. The van der Waals surface area contributed by atoms with Gasteiger partial charge in [-0.25, -0.2) is 0 Å². The summed E-state index contributed by atoms with van der Waals surface area (Å²) in [6.07, 6.45) is 0. The van der Waals surface area contributed by atoms with Gasteiger partial charge in [-0.3, -0.25) is 4.79 Å². The van der Waals surface area contributed by atoms with Gasteiger partial charge >= 0.3 is 0 Å². The first-order valence-electron chi connectivity index (χ1n) is 7.06. The molecule has 2 rings (SSSR count). The van der Waals surface area contributed by atoms with Crippen LogP contribution >= 0.6 is 15.9 Å². The number of anilines is 1. The van der Waals surface area contributed by atoms with E-state index in [2.05, 4.69) is 42.0 Å². The lowest BCUT2D eigenvalue weighted by atomic mass is 9.87. The number of hydrogen-bond acceptors (Lipinski definition) is 2. The minimum Gasteiger partial charge on any atom is -0.497 e. The van der Waals surface area contributed by atoms with Crippen LogP contribution in [0.4, 0.5) is 5.69 Å². The third-order valence-corrected chi connectivity index (χ3v) is 4.09. The van der Waals surface area contributed by atoms with Crippen molar-refractivity contribution < 1.29 is 9.53 Å². The number of carbonyl (C=O) groups excluding carboxylic acids is 1. The third-order valence-electron chi connectivity index (χ3n) is 3.44. The SMILES string of the molecule is COc1ccc(C(=O)Nc2ccc(C(C)(C)C)cc2Br)cc1. The predicted octanol–water partition coefficient (Wildman–Crippen LogP) is 5.01. The molecular weight excluding hydrogens is 342 g/mol. The first-order chi connectivity index (χ1) is 10.3. The molecule has 0 unspecified atom stereocenters. The Kier molecular flexibility index (Phi) is 4.91. The molecule has 2 aromatic carbocycles. The fourth-order valence-corrected chi connectivity index (χ4v) is 2.50. The molecule has 0 heterocycles. The first-order valence-corrected chi connectivity index (χ1v) is 7.86. The summed E-state index contributed by atoms with van der Waals surface area (Å²) in [5, 5.41) is 2.92. The van der Waals surface area contributed by atoms with Crippen LogP contribution in [0.2, 0.25) is 0 Å². The molecular formula is C18H20BrNO2. The van der Waals surface area contributed by atoms with Crippen molar-refractivity contribution in [2.45, 2.75) is 26.2 Å². The Bertz CT molecular complexity index is 672. The van der Waals surface area contributed by atoms with Gasteiger partial charge in [-0.2, -0.15) is 0 Å². The van der Waals surface area contributed by atoms with Crippen molar-refractivity contribution >= 4 is 27.5 Å². The van der Waals surface area contributed by atoms with Crippen LogP contribution in [0.15, 0.2) is 46.9 Å². The van der Waals surface area contributed by atoms with Crippen LogP contribution in [-0.2, 0) is 5.41 Å². The van der Waals surface area contributed by atoms with Crippen LogP contribution in [0, 0.1) is 0 Å². The molecule has 0 aliphatic heterocycles. The topological polar surface area (TPSA) is 38.3 Å². The van der Waals surface area contributed by atoms with Crippen LogP contribution in [0.25, 0.3) is 0 Å². The molecule has 1 N–H and O–H groups in total. The van der Waals surface area contributed by atoms with E-state index < -0.39 is 0 Å². The van der Waals surface area contributed by atoms with Gasteiger partial charge in [0.1, 0.15) is 5.75 Å². The van der Waals surface area contributed by atoms with E-state index in [4.69, 9.17) is 4.74 Å². The molecule has 22 heavy (non-hydrogen) atoms. The van der Waals surface area contributed by atoms with Crippen LogP contribution < -0.4 is 10.1 Å². The van der Waals surface area contributed by atoms with E-state index in [0.717, 1.165) is 15.9 Å². The van der Waals surface area contributed by atoms with Gasteiger partial charge in [-0.05, 0) is 63.3 Å². The van der Waals surface area contributed by atoms with Crippen molar-refractivity contribution in [3.63, 3.8) is 0 Å². The van der Waals surface area contributed by atoms with Gasteiger partial charge in [0.25, 0.3) is 5.91 Å². The summed E-state index contributed by atoms with van der Waals surface area (Å²) in [7, 11) is 1.60. The van der Waals surface area contributed by atoms with Crippen molar-refractivity contribution in [1.29, 1.82) is 0 Å². The molecule has 3 nitrogen and oxygen atoms in total. The maximum Gasteiger partial charge on any atom is 0.255 e. The largest absolute Gasteiger partial charge is 0.497 e. The number of ether oxygens (including phenoxy) is 1. The zero-order valence-electron chi connectivity index (χ0n) is 13.2. The Balaban J connectivity index is 2.17. The van der Waals surface area contributed by atoms with Crippen molar-refractivity contribution in [3.8, 4) is 5.75 Å². The summed E-state index contributed by atoms with van der Waals surface area (Å²) < 4.78 is 5.97. The van der Waals surface area contributed by atoms with E-state index in [1.807, 2.05) is 18.2 Å². The molecule has 2 aromatic rings. The van der Waals surface area contributed by atoms with E-state index in [0.29, 0.717) is 5.56 Å². The van der Waals surface area contributed by atoms with Crippen LogP contribution in [0.3, 0.4) is 0 Å². The molecule has 0 fully saturated rings. The fraction of sp³-hybridized carbons (Fsp3) is 0.278. The number of benzene rings is 2. The van der Waals surface area contributed by atoms with Gasteiger partial charge in [0.05, 0.1) is 12.8 Å². The Morgan fingerprint density at radius 2 is 1.73 bits per heavy atom. The maximum atomic E-state index is 12.3. The average Bonchev–Trinajstić information content (AvgIpc) is 2.48. The summed E-state index contributed by atoms with van der Waals surface area (Å²) in [6.45, 7) is 6.47. The van der Waals surface area contributed by atoms with Gasteiger partial charge in [0.2, 0.25) is 0 Å². The number of carbonyl (C=O) groups is 1. The monoisotopic (exact) mass is 361 g/mol. The van der Waals surface area contributed by atoms with Gasteiger partial charge in [0.15, 0.2) is 0 Å². The van der Waals surface area contributed by atoms with Gasteiger partial charge in [-0.15, -0.1) is 0 Å². The summed E-state index contributed by atoms with van der Waals surface area (Å²) >= 11 is 3.53. The number of halogens is 1. The smallest absolute Gasteiger partial charge is 0.255 e. The number of nitrogens with one attached hydrogen (secondary N) is 1. The summed E-state index contributed by atoms with van der Waals surface area (Å²) in [5.41, 5.74) is 2.63. The highest BCUT2D eigenvalue weighted by Crippen LogP contribution is 2.30. The maximum absolute atomic E-state index is 12.3. The average molecular weight is 362 g/mol. The second-order valence-corrected chi connectivity index (χ2v) is 6.98. The van der Waals surface area contributed by atoms with E-state index in [1.54, 1.807) is 31.4 Å². The number of hydrogen-bond donors (Lipinski definition) is 1. The molecule has 1 amide bonds. The normalized spacial score (nSPS) is 11.1. The van der Waals surface area contributed by atoms with E-state index in [1.165, 1.54) is 5.56 Å². The molecule has 0 aliphatic carbocycles. The Morgan fingerprint density at radius 1 is 1.09 bits per heavy atom. The standard InChI is InChI=1S/C18H20BrNO2/c1-18(2,3)13-7-10-16(15(19)11-13)20-17(21)12-5-8-14(22-4)9-6-12/h5-11H,1-4H3,(H,20,21). The highest BCUT2D eigenvalue weighted by molar-refractivity contribution is 9.10. The lowest BCUT2D eigenvalue weighted by Gasteiger charge is -2.20. The Labute approximate surface area is 139 Å². The van der Waals surface area contributed by atoms with Crippen LogP contribution in [-0.4, -0.2) is 13.0 Å². The first kappa shape index (κ1) is 16.6. The summed E-state index contributed by atoms with van der Waals surface area (Å²) in [6, 6.07) is 13.0.